The van der Waals surface area contributed by atoms with Crippen LogP contribution in [0.4, 0.5) is 0 Å². The van der Waals surface area contributed by atoms with Gasteiger partial charge in [0.1, 0.15) is 12.2 Å². The Labute approximate surface area is 172 Å². The van der Waals surface area contributed by atoms with Gasteiger partial charge in [-0.15, -0.1) is 34.2 Å². The van der Waals surface area contributed by atoms with Gasteiger partial charge >= 0.3 is 0 Å². The van der Waals surface area contributed by atoms with Gasteiger partial charge in [-0.2, -0.15) is 0 Å². The highest BCUT2D eigenvalue weighted by Crippen LogP contribution is 2.03. The topological polar surface area (TPSA) is 67.6 Å². The van der Waals surface area contributed by atoms with Crippen molar-refractivity contribution in [2.24, 2.45) is 4.99 Å². The van der Waals surface area contributed by atoms with Crippen molar-refractivity contribution in [1.29, 1.82) is 0 Å². The second kappa shape index (κ2) is 12.6. The van der Waals surface area contributed by atoms with Gasteiger partial charge in [-0.3, -0.25) is 4.99 Å². The molecule has 0 aliphatic rings. The third-order valence-corrected chi connectivity index (χ3v) is 3.83. The summed E-state index contributed by atoms with van der Waals surface area (Å²) in [6.45, 7) is 5.68. The number of benzene rings is 1. The summed E-state index contributed by atoms with van der Waals surface area (Å²) in [6.07, 6.45) is 2.65. The Balaban J connectivity index is 0.00000338. The highest BCUT2D eigenvalue weighted by molar-refractivity contribution is 14.0. The van der Waals surface area contributed by atoms with Crippen molar-refractivity contribution in [2.45, 2.75) is 26.4 Å². The maximum Gasteiger partial charge on any atom is 0.194 e. The summed E-state index contributed by atoms with van der Waals surface area (Å²) >= 11 is 0. The van der Waals surface area contributed by atoms with E-state index < -0.39 is 0 Å². The molecule has 0 atom stereocenters. The summed E-state index contributed by atoms with van der Waals surface area (Å²) in [5.74, 6) is 1.87. The molecule has 26 heavy (non-hydrogen) atoms. The molecule has 144 valence electrons. The zero-order valence-electron chi connectivity index (χ0n) is 15.8. The van der Waals surface area contributed by atoms with E-state index in [2.05, 4.69) is 61.2 Å². The van der Waals surface area contributed by atoms with Crippen molar-refractivity contribution in [2.75, 3.05) is 33.9 Å². The quantitative estimate of drug-likeness (QED) is 0.262. The number of hydrogen-bond donors (Lipinski definition) is 1. The highest BCUT2D eigenvalue weighted by Gasteiger charge is 2.08. The van der Waals surface area contributed by atoms with E-state index in [1.54, 1.807) is 13.4 Å². The van der Waals surface area contributed by atoms with E-state index in [1.165, 1.54) is 5.56 Å². The van der Waals surface area contributed by atoms with Gasteiger partial charge in [0, 0.05) is 40.2 Å². The minimum atomic E-state index is 0. The number of nitrogens with zero attached hydrogens (tertiary/aromatic N) is 5. The van der Waals surface area contributed by atoms with Crippen LogP contribution in [0, 0.1) is 0 Å². The third-order valence-electron chi connectivity index (χ3n) is 3.83. The monoisotopic (exact) mass is 472 g/mol. The van der Waals surface area contributed by atoms with Crippen molar-refractivity contribution in [3.05, 3.63) is 48.0 Å². The smallest absolute Gasteiger partial charge is 0.194 e. The highest BCUT2D eigenvalue weighted by atomic mass is 127. The van der Waals surface area contributed by atoms with Gasteiger partial charge in [-0.1, -0.05) is 37.3 Å². The lowest BCUT2D eigenvalue weighted by Gasteiger charge is -2.23. The van der Waals surface area contributed by atoms with E-state index in [9.17, 15) is 0 Å². The Hall–Kier alpha value is -1.68. The molecule has 1 aromatic heterocycles. The first-order chi connectivity index (χ1) is 12.2. The summed E-state index contributed by atoms with van der Waals surface area (Å²) in [4.78, 5) is 6.76. The first-order valence-electron chi connectivity index (χ1n) is 8.63. The van der Waals surface area contributed by atoms with E-state index in [0.717, 1.165) is 37.8 Å². The molecule has 0 aliphatic heterocycles. The van der Waals surface area contributed by atoms with Crippen molar-refractivity contribution >= 4 is 29.9 Å². The van der Waals surface area contributed by atoms with Gasteiger partial charge in [0.05, 0.1) is 13.2 Å². The summed E-state index contributed by atoms with van der Waals surface area (Å²) in [7, 11) is 3.73. The van der Waals surface area contributed by atoms with E-state index in [0.29, 0.717) is 13.2 Å². The Morgan fingerprint density at radius 1 is 1.31 bits per heavy atom. The molecule has 0 unspecified atom stereocenters. The Morgan fingerprint density at radius 2 is 2.08 bits per heavy atom. The van der Waals surface area contributed by atoms with Gasteiger partial charge in [0.25, 0.3) is 0 Å². The second-order valence-corrected chi connectivity index (χ2v) is 5.76. The molecule has 0 spiro atoms. The van der Waals surface area contributed by atoms with Crippen LogP contribution in [0.2, 0.25) is 0 Å². The maximum absolute atomic E-state index is 5.11. The predicted octanol–water partition coefficient (Wildman–Crippen LogP) is 2.18. The van der Waals surface area contributed by atoms with Crippen LogP contribution in [-0.4, -0.2) is 59.5 Å². The number of guanidine groups is 1. The number of hydrogen-bond acceptors (Lipinski definition) is 4. The molecule has 0 saturated heterocycles. The van der Waals surface area contributed by atoms with Crippen molar-refractivity contribution in [1.82, 2.24) is 25.0 Å². The molecule has 8 heteroatoms. The lowest BCUT2D eigenvalue weighted by atomic mass is 10.2. The molecule has 7 nitrogen and oxygen atoms in total. The van der Waals surface area contributed by atoms with Crippen LogP contribution in [0.5, 0.6) is 0 Å². The average molecular weight is 472 g/mol. The number of rotatable bonds is 9. The second-order valence-electron chi connectivity index (χ2n) is 5.76. The SMILES string of the molecule is CCc1nncn1CCNC(=NCCOC)N(C)Cc1ccccc1.I. The fourth-order valence-corrected chi connectivity index (χ4v) is 2.51. The molecule has 0 fully saturated rings. The number of methoxy groups -OCH3 is 1. The van der Waals surface area contributed by atoms with Crippen molar-refractivity contribution < 1.29 is 4.74 Å². The average Bonchev–Trinajstić information content (AvgIpc) is 3.09. The fourth-order valence-electron chi connectivity index (χ4n) is 2.51. The van der Waals surface area contributed by atoms with Gasteiger partial charge in [-0.05, 0) is 5.56 Å². The van der Waals surface area contributed by atoms with Gasteiger partial charge in [-0.25, -0.2) is 0 Å². The molecule has 0 aliphatic carbocycles. The molecular formula is C18H29IN6O. The Bertz CT molecular complexity index is 646. The standard InChI is InChI=1S/C18H28N6O.HI/c1-4-17-22-21-15-24(17)12-10-19-18(20-11-13-25-3)23(2)14-16-8-6-5-7-9-16;/h5-9,15H,4,10-14H2,1-3H3,(H,19,20);1H. The van der Waals surface area contributed by atoms with Crippen LogP contribution in [0.15, 0.2) is 41.7 Å². The molecule has 2 rings (SSSR count). The number of aromatic nitrogens is 3. The summed E-state index contributed by atoms with van der Waals surface area (Å²) in [5, 5.41) is 11.5. The van der Waals surface area contributed by atoms with Crippen LogP contribution >= 0.6 is 24.0 Å². The fraction of sp³-hybridized carbons (Fsp3) is 0.500. The number of nitrogens with one attached hydrogen (secondary N) is 1. The lowest BCUT2D eigenvalue weighted by molar-refractivity contribution is 0.207. The van der Waals surface area contributed by atoms with Crippen molar-refractivity contribution in [3.8, 4) is 0 Å². The molecule has 0 amide bonds. The van der Waals surface area contributed by atoms with Gasteiger partial charge < -0.3 is 19.5 Å². The summed E-state index contributed by atoms with van der Waals surface area (Å²) in [5.41, 5.74) is 1.25. The van der Waals surface area contributed by atoms with Crippen LogP contribution in [0.3, 0.4) is 0 Å². The molecule has 1 N–H and O–H groups in total. The molecule has 2 aromatic rings. The Kier molecular flexibility index (Phi) is 10.9. The number of aryl methyl sites for hydroxylation is 1. The van der Waals surface area contributed by atoms with Crippen LogP contribution < -0.4 is 5.32 Å². The lowest BCUT2D eigenvalue weighted by Crippen LogP contribution is -2.40. The van der Waals surface area contributed by atoms with Crippen LogP contribution in [-0.2, 0) is 24.2 Å². The number of ether oxygens (including phenoxy) is 1. The first kappa shape index (κ1) is 22.4. The Morgan fingerprint density at radius 3 is 2.77 bits per heavy atom. The largest absolute Gasteiger partial charge is 0.383 e. The molecule has 0 bridgehead atoms. The number of aliphatic imine (C=N–C) groups is 1. The zero-order valence-corrected chi connectivity index (χ0v) is 18.1. The molecule has 0 saturated carbocycles. The molecule has 1 heterocycles. The normalized spacial score (nSPS) is 11.1. The zero-order chi connectivity index (χ0) is 17.9. The first-order valence-corrected chi connectivity index (χ1v) is 8.63. The van der Waals surface area contributed by atoms with E-state index in [1.807, 2.05) is 13.1 Å². The van der Waals surface area contributed by atoms with Crippen molar-refractivity contribution in [3.63, 3.8) is 0 Å². The molecular weight excluding hydrogens is 443 g/mol. The van der Waals surface area contributed by atoms with Gasteiger partial charge in [0.15, 0.2) is 5.96 Å². The van der Waals surface area contributed by atoms with E-state index in [4.69, 9.17) is 4.74 Å². The summed E-state index contributed by atoms with van der Waals surface area (Å²) in [6, 6.07) is 10.4. The maximum atomic E-state index is 5.11. The summed E-state index contributed by atoms with van der Waals surface area (Å²) < 4.78 is 7.18. The third kappa shape index (κ3) is 7.28. The number of halogens is 1. The molecule has 0 radical (unpaired) electrons. The molecule has 1 aromatic carbocycles. The van der Waals surface area contributed by atoms with E-state index >= 15 is 0 Å². The van der Waals surface area contributed by atoms with Crippen LogP contribution in [0.25, 0.3) is 0 Å². The minimum Gasteiger partial charge on any atom is -0.383 e. The predicted molar refractivity (Wildman–Crippen MR) is 115 cm³/mol. The van der Waals surface area contributed by atoms with Crippen LogP contribution in [0.1, 0.15) is 18.3 Å². The minimum absolute atomic E-state index is 0. The van der Waals surface area contributed by atoms with E-state index in [-0.39, 0.29) is 24.0 Å². The van der Waals surface area contributed by atoms with Gasteiger partial charge in [0.2, 0.25) is 0 Å².